The zero-order chi connectivity index (χ0) is 18.5. The maximum Gasteiger partial charge on any atom is 0.226 e. The van der Waals surface area contributed by atoms with E-state index in [1.54, 1.807) is 6.20 Å². The van der Waals surface area contributed by atoms with Gasteiger partial charge in [-0.05, 0) is 0 Å². The molecule has 0 aliphatic heterocycles. The first-order valence-corrected chi connectivity index (χ1v) is 9.47. The molecular weight excluding hydrogens is 358 g/mol. The molecule has 1 N–H and O–H groups in total. The van der Waals surface area contributed by atoms with Gasteiger partial charge in [0.25, 0.3) is 0 Å². The van der Waals surface area contributed by atoms with Crippen LogP contribution >= 0.6 is 11.3 Å². The molecule has 1 amide bonds. The Hall–Kier alpha value is -3.25. The van der Waals surface area contributed by atoms with Crippen molar-refractivity contribution in [1.82, 2.24) is 9.97 Å². The molecule has 134 valence electrons. The Morgan fingerprint density at radius 3 is 2.44 bits per heavy atom. The second kappa shape index (κ2) is 7.97. The van der Waals surface area contributed by atoms with Gasteiger partial charge in [0.2, 0.25) is 5.91 Å². The minimum absolute atomic E-state index is 0.108. The van der Waals surface area contributed by atoms with Crippen molar-refractivity contribution in [3.05, 3.63) is 78.1 Å². The molecule has 2 aromatic heterocycles. The van der Waals surface area contributed by atoms with Gasteiger partial charge in [-0.15, -0.1) is 11.3 Å². The van der Waals surface area contributed by atoms with Crippen LogP contribution in [-0.4, -0.2) is 15.9 Å². The Kier molecular flexibility index (Phi) is 5.07. The van der Waals surface area contributed by atoms with Crippen LogP contribution in [-0.2, 0) is 11.2 Å². The molecule has 2 heterocycles. The van der Waals surface area contributed by atoms with E-state index in [9.17, 15) is 4.79 Å². The second-order valence-electron chi connectivity index (χ2n) is 5.94. The van der Waals surface area contributed by atoms with Crippen LogP contribution in [0.15, 0.2) is 76.7 Å². The third-order valence-corrected chi connectivity index (χ3v) is 4.76. The number of hydrogen-bond donors (Lipinski definition) is 1. The van der Waals surface area contributed by atoms with Crippen molar-refractivity contribution >= 4 is 22.4 Å². The Balaban J connectivity index is 1.33. The largest absolute Gasteiger partial charge is 0.441 e. The minimum atomic E-state index is -0.108. The molecule has 4 rings (SSSR count). The van der Waals surface area contributed by atoms with Crippen LogP contribution in [0.25, 0.3) is 22.6 Å². The summed E-state index contributed by atoms with van der Waals surface area (Å²) in [6.45, 7) is 0. The summed E-state index contributed by atoms with van der Waals surface area (Å²) in [5, 5.41) is 5.37. The zero-order valence-electron chi connectivity index (χ0n) is 14.5. The van der Waals surface area contributed by atoms with Crippen LogP contribution in [0.3, 0.4) is 0 Å². The zero-order valence-corrected chi connectivity index (χ0v) is 15.3. The molecule has 5 nitrogen and oxygen atoms in total. The van der Waals surface area contributed by atoms with Crippen molar-refractivity contribution in [2.75, 3.05) is 5.32 Å². The summed E-state index contributed by atoms with van der Waals surface area (Å²) in [5.41, 5.74) is 2.86. The summed E-state index contributed by atoms with van der Waals surface area (Å²) in [6.07, 6.45) is 2.42. The second-order valence-corrected chi connectivity index (χ2v) is 6.79. The smallest absolute Gasteiger partial charge is 0.226 e. The van der Waals surface area contributed by atoms with Gasteiger partial charge < -0.3 is 9.73 Å². The third kappa shape index (κ3) is 4.30. The van der Waals surface area contributed by atoms with Gasteiger partial charge in [0.15, 0.2) is 16.8 Å². The Labute approximate surface area is 160 Å². The number of rotatable bonds is 6. The minimum Gasteiger partial charge on any atom is -0.441 e. The van der Waals surface area contributed by atoms with Crippen molar-refractivity contribution in [3.8, 4) is 22.6 Å². The van der Waals surface area contributed by atoms with Gasteiger partial charge in [0.05, 0.1) is 11.9 Å². The molecule has 0 bridgehead atoms. The van der Waals surface area contributed by atoms with Gasteiger partial charge in [-0.3, -0.25) is 4.79 Å². The van der Waals surface area contributed by atoms with Crippen molar-refractivity contribution in [2.24, 2.45) is 0 Å². The Morgan fingerprint density at radius 2 is 1.70 bits per heavy atom. The topological polar surface area (TPSA) is 68.0 Å². The van der Waals surface area contributed by atoms with Crippen molar-refractivity contribution in [2.45, 2.75) is 12.8 Å². The lowest BCUT2D eigenvalue weighted by Crippen LogP contribution is -2.12. The lowest BCUT2D eigenvalue weighted by Gasteiger charge is -2.00. The maximum atomic E-state index is 12.2. The van der Waals surface area contributed by atoms with E-state index in [2.05, 4.69) is 15.3 Å². The van der Waals surface area contributed by atoms with E-state index in [0.29, 0.717) is 23.2 Å². The van der Waals surface area contributed by atoms with Crippen LogP contribution in [0.4, 0.5) is 5.13 Å². The number of benzene rings is 2. The molecule has 27 heavy (non-hydrogen) atoms. The van der Waals surface area contributed by atoms with E-state index in [-0.39, 0.29) is 12.3 Å². The quantitative estimate of drug-likeness (QED) is 0.513. The number of carbonyl (C=O) groups excluding carboxylic acids is 1. The van der Waals surface area contributed by atoms with Crippen molar-refractivity contribution in [1.29, 1.82) is 0 Å². The molecule has 0 spiro atoms. The van der Waals surface area contributed by atoms with Crippen molar-refractivity contribution < 1.29 is 9.21 Å². The van der Waals surface area contributed by atoms with Crippen LogP contribution in [0.2, 0.25) is 0 Å². The summed E-state index contributed by atoms with van der Waals surface area (Å²) < 4.78 is 5.73. The summed E-state index contributed by atoms with van der Waals surface area (Å²) in [6, 6.07) is 19.7. The number of hydrogen-bond acceptors (Lipinski definition) is 5. The van der Waals surface area contributed by atoms with Crippen LogP contribution in [0.1, 0.15) is 12.3 Å². The monoisotopic (exact) mass is 375 g/mol. The predicted octanol–water partition coefficient (Wildman–Crippen LogP) is 5.04. The average molecular weight is 375 g/mol. The molecule has 0 saturated heterocycles. The number of thiazole rings is 1. The number of anilines is 1. The fraction of sp³-hybridized carbons (Fsp3) is 0.0952. The number of aryl methyl sites for hydroxylation is 1. The van der Waals surface area contributed by atoms with E-state index < -0.39 is 0 Å². The first-order chi connectivity index (χ1) is 13.3. The number of amides is 1. The van der Waals surface area contributed by atoms with Gasteiger partial charge in [-0.25, -0.2) is 9.97 Å². The molecule has 6 heteroatoms. The lowest BCUT2D eigenvalue weighted by atomic mass is 10.2. The Morgan fingerprint density at radius 1 is 1.00 bits per heavy atom. The molecule has 0 fully saturated rings. The number of aromatic nitrogens is 2. The summed E-state index contributed by atoms with van der Waals surface area (Å²) >= 11 is 1.41. The molecule has 2 aromatic carbocycles. The Bertz CT molecular complexity index is 1030. The molecular formula is C21H17N3O2S. The van der Waals surface area contributed by atoms with Crippen LogP contribution in [0.5, 0.6) is 0 Å². The van der Waals surface area contributed by atoms with Gasteiger partial charge in [0, 0.05) is 29.3 Å². The van der Waals surface area contributed by atoms with E-state index in [4.69, 9.17) is 4.42 Å². The number of oxazole rings is 1. The number of nitrogens with one attached hydrogen (secondary N) is 1. The molecule has 0 saturated carbocycles. The van der Waals surface area contributed by atoms with E-state index in [1.807, 2.05) is 66.0 Å². The number of carbonyl (C=O) groups is 1. The fourth-order valence-corrected chi connectivity index (χ4v) is 3.37. The summed E-state index contributed by atoms with van der Waals surface area (Å²) in [5.74, 6) is 1.15. The first-order valence-electron chi connectivity index (χ1n) is 8.59. The maximum absolute atomic E-state index is 12.2. The van der Waals surface area contributed by atoms with E-state index in [0.717, 1.165) is 16.8 Å². The van der Waals surface area contributed by atoms with Crippen LogP contribution < -0.4 is 5.32 Å². The third-order valence-electron chi connectivity index (χ3n) is 4.00. The predicted molar refractivity (Wildman–Crippen MR) is 106 cm³/mol. The normalized spacial score (nSPS) is 10.7. The SMILES string of the molecule is O=C(CCc1ncc(-c2ccccc2)o1)Nc1nc(-c2ccccc2)cs1. The average Bonchev–Trinajstić information content (AvgIpc) is 3.37. The van der Waals surface area contributed by atoms with Gasteiger partial charge in [-0.1, -0.05) is 60.7 Å². The highest BCUT2D eigenvalue weighted by atomic mass is 32.1. The molecule has 4 aromatic rings. The van der Waals surface area contributed by atoms with Gasteiger partial charge in [0.1, 0.15) is 0 Å². The number of nitrogens with zero attached hydrogens (tertiary/aromatic N) is 2. The van der Waals surface area contributed by atoms with Gasteiger partial charge in [-0.2, -0.15) is 0 Å². The summed E-state index contributed by atoms with van der Waals surface area (Å²) in [4.78, 5) is 20.9. The molecule has 0 aliphatic rings. The molecule has 0 radical (unpaired) electrons. The lowest BCUT2D eigenvalue weighted by molar-refractivity contribution is -0.116. The highest BCUT2D eigenvalue weighted by Gasteiger charge is 2.11. The molecule has 0 atom stereocenters. The first kappa shape index (κ1) is 17.2. The fourth-order valence-electron chi connectivity index (χ4n) is 2.64. The van der Waals surface area contributed by atoms with Gasteiger partial charge >= 0.3 is 0 Å². The van der Waals surface area contributed by atoms with E-state index in [1.165, 1.54) is 11.3 Å². The van der Waals surface area contributed by atoms with Crippen molar-refractivity contribution in [3.63, 3.8) is 0 Å². The highest BCUT2D eigenvalue weighted by molar-refractivity contribution is 7.14. The highest BCUT2D eigenvalue weighted by Crippen LogP contribution is 2.25. The molecule has 0 unspecified atom stereocenters. The standard InChI is InChI=1S/C21H17N3O2S/c25-19(24-21-23-17(14-27-21)15-7-3-1-4-8-15)11-12-20-22-13-18(26-20)16-9-5-2-6-10-16/h1-10,13-14H,11-12H2,(H,23,24,25). The van der Waals surface area contributed by atoms with E-state index >= 15 is 0 Å². The summed E-state index contributed by atoms with van der Waals surface area (Å²) in [7, 11) is 0. The van der Waals surface area contributed by atoms with Crippen LogP contribution in [0, 0.1) is 0 Å². The molecule has 0 aliphatic carbocycles.